The van der Waals surface area contributed by atoms with Crippen molar-refractivity contribution in [2.24, 2.45) is 4.99 Å². The van der Waals surface area contributed by atoms with Crippen molar-refractivity contribution in [1.82, 2.24) is 9.80 Å². The van der Waals surface area contributed by atoms with Gasteiger partial charge in [0.2, 0.25) is 0 Å². The van der Waals surface area contributed by atoms with E-state index >= 15 is 0 Å². The van der Waals surface area contributed by atoms with Crippen molar-refractivity contribution >= 4 is 6.34 Å². The molecule has 1 fully saturated rings. The first kappa shape index (κ1) is 13.4. The minimum Gasteiger partial charge on any atom is -0.360 e. The maximum atomic E-state index is 10.6. The molecule has 0 amide bonds. The van der Waals surface area contributed by atoms with Crippen molar-refractivity contribution in [3.63, 3.8) is 0 Å². The van der Waals surface area contributed by atoms with E-state index in [1.54, 1.807) is 6.34 Å². The normalized spacial score (nSPS) is 18.6. The molecule has 0 N–H and O–H groups in total. The predicted molar refractivity (Wildman–Crippen MR) is 67.5 cm³/mol. The molecule has 0 atom stereocenters. The highest BCUT2D eigenvalue weighted by atomic mass is 16.6. The second-order valence-electron chi connectivity index (χ2n) is 3.97. The molecule has 0 bridgehead atoms. The maximum absolute atomic E-state index is 10.6. The molecule has 0 radical (unpaired) electrons. The van der Waals surface area contributed by atoms with Crippen LogP contribution in [0.2, 0.25) is 0 Å². The van der Waals surface area contributed by atoms with E-state index in [4.69, 9.17) is 0 Å². The van der Waals surface area contributed by atoms with Gasteiger partial charge in [-0.15, -0.1) is 6.58 Å². The number of allylic oxidation sites excluding steroid dienone is 1. The fourth-order valence-corrected chi connectivity index (χ4v) is 1.47. The van der Waals surface area contributed by atoms with Gasteiger partial charge in [0.1, 0.15) is 6.20 Å². The third-order valence-electron chi connectivity index (χ3n) is 2.58. The summed E-state index contributed by atoms with van der Waals surface area (Å²) < 4.78 is 0. The standard InChI is InChI=1S/C11H18N4O2/c1-3-4-11(15(16)17)9-12-10-14-7-5-13(2)6-8-14/h3,9-10H,1,4-8H2,2H3/b11-9+,12-10?. The van der Waals surface area contributed by atoms with Crippen LogP contribution in [0.5, 0.6) is 0 Å². The SMILES string of the molecule is C=CC/C(=C\N=CN1CCN(C)CC1)[N+](=O)[O-]. The Morgan fingerprint density at radius 1 is 1.47 bits per heavy atom. The summed E-state index contributed by atoms with van der Waals surface area (Å²) in [6.45, 7) is 7.27. The maximum Gasteiger partial charge on any atom is 0.268 e. The molecule has 6 nitrogen and oxygen atoms in total. The van der Waals surface area contributed by atoms with Gasteiger partial charge in [0.15, 0.2) is 0 Å². The van der Waals surface area contributed by atoms with Crippen LogP contribution in [0.25, 0.3) is 0 Å². The quantitative estimate of drug-likeness (QED) is 0.235. The zero-order valence-electron chi connectivity index (χ0n) is 10.1. The average molecular weight is 238 g/mol. The molecule has 6 heteroatoms. The van der Waals surface area contributed by atoms with Crippen molar-refractivity contribution < 1.29 is 4.92 Å². The second-order valence-corrected chi connectivity index (χ2v) is 3.97. The van der Waals surface area contributed by atoms with Crippen LogP contribution in [0.3, 0.4) is 0 Å². The first-order valence-electron chi connectivity index (χ1n) is 5.53. The Balaban J connectivity index is 2.49. The Bertz CT molecular complexity index is 330. The number of nitro groups is 1. The van der Waals surface area contributed by atoms with Gasteiger partial charge in [0.25, 0.3) is 5.70 Å². The zero-order valence-corrected chi connectivity index (χ0v) is 10.1. The summed E-state index contributed by atoms with van der Waals surface area (Å²) in [5.74, 6) is 0. The lowest BCUT2D eigenvalue weighted by atomic mass is 10.3. The van der Waals surface area contributed by atoms with Crippen LogP contribution in [0.1, 0.15) is 6.42 Å². The molecule has 0 spiro atoms. The van der Waals surface area contributed by atoms with Gasteiger partial charge in [-0.2, -0.15) is 0 Å². The minimum atomic E-state index is -0.428. The minimum absolute atomic E-state index is 0.0605. The smallest absolute Gasteiger partial charge is 0.268 e. The van der Waals surface area contributed by atoms with E-state index in [0.717, 1.165) is 26.2 Å². The number of rotatable bonds is 5. The van der Waals surface area contributed by atoms with E-state index in [1.807, 2.05) is 0 Å². The van der Waals surface area contributed by atoms with E-state index in [-0.39, 0.29) is 12.1 Å². The molecule has 1 heterocycles. The summed E-state index contributed by atoms with van der Waals surface area (Å²) >= 11 is 0. The topological polar surface area (TPSA) is 62.0 Å². The van der Waals surface area contributed by atoms with Gasteiger partial charge >= 0.3 is 0 Å². The van der Waals surface area contributed by atoms with Crippen molar-refractivity contribution in [3.05, 3.63) is 34.7 Å². The monoisotopic (exact) mass is 238 g/mol. The molecular formula is C11H18N4O2. The first-order chi connectivity index (χ1) is 8.13. The molecule has 0 unspecified atom stereocenters. The highest BCUT2D eigenvalue weighted by Crippen LogP contribution is 2.03. The van der Waals surface area contributed by atoms with Gasteiger partial charge in [-0.05, 0) is 7.05 Å². The summed E-state index contributed by atoms with van der Waals surface area (Å²) in [5, 5.41) is 10.6. The van der Waals surface area contributed by atoms with Gasteiger partial charge in [0, 0.05) is 26.2 Å². The fraction of sp³-hybridized carbons (Fsp3) is 0.545. The summed E-state index contributed by atoms with van der Waals surface area (Å²) in [7, 11) is 2.07. The molecule has 0 saturated carbocycles. The number of likely N-dealkylation sites (N-methyl/N-ethyl adjacent to an activating group) is 1. The molecule has 0 aromatic heterocycles. The molecule has 1 aliphatic rings. The number of hydrogen-bond acceptors (Lipinski definition) is 4. The third kappa shape index (κ3) is 4.78. The summed E-state index contributed by atoms with van der Waals surface area (Å²) in [5.41, 5.74) is 0.0605. The molecule has 17 heavy (non-hydrogen) atoms. The molecule has 0 aromatic carbocycles. The Labute approximate surface area is 101 Å². The molecule has 1 rings (SSSR count). The number of nitrogens with zero attached hydrogens (tertiary/aromatic N) is 4. The van der Waals surface area contributed by atoms with E-state index < -0.39 is 4.92 Å². The van der Waals surface area contributed by atoms with Gasteiger partial charge < -0.3 is 9.80 Å². The Morgan fingerprint density at radius 2 is 2.12 bits per heavy atom. The summed E-state index contributed by atoms with van der Waals surface area (Å²) in [4.78, 5) is 18.5. The van der Waals surface area contributed by atoms with Crippen molar-refractivity contribution in [3.8, 4) is 0 Å². The molecule has 0 aliphatic carbocycles. The molecular weight excluding hydrogens is 220 g/mol. The van der Waals surface area contributed by atoms with Gasteiger partial charge in [0.05, 0.1) is 17.7 Å². The van der Waals surface area contributed by atoms with Crippen molar-refractivity contribution in [1.29, 1.82) is 0 Å². The van der Waals surface area contributed by atoms with Crippen LogP contribution in [0, 0.1) is 10.1 Å². The van der Waals surface area contributed by atoms with Crippen LogP contribution >= 0.6 is 0 Å². The zero-order chi connectivity index (χ0) is 12.7. The molecule has 0 aromatic rings. The third-order valence-corrected chi connectivity index (χ3v) is 2.58. The lowest BCUT2D eigenvalue weighted by molar-refractivity contribution is -0.426. The summed E-state index contributed by atoms with van der Waals surface area (Å²) in [6, 6.07) is 0. The van der Waals surface area contributed by atoms with Gasteiger partial charge in [-0.25, -0.2) is 4.99 Å². The largest absolute Gasteiger partial charge is 0.360 e. The van der Waals surface area contributed by atoms with E-state index in [2.05, 4.69) is 28.4 Å². The number of hydrogen-bond donors (Lipinski definition) is 0. The average Bonchev–Trinajstić information content (AvgIpc) is 2.30. The lowest BCUT2D eigenvalue weighted by Crippen LogP contribution is -2.43. The van der Waals surface area contributed by atoms with Crippen molar-refractivity contribution in [2.75, 3.05) is 33.2 Å². The Hall–Kier alpha value is -1.69. The van der Waals surface area contributed by atoms with E-state index in [1.165, 1.54) is 12.3 Å². The fourth-order valence-electron chi connectivity index (χ4n) is 1.47. The van der Waals surface area contributed by atoms with Crippen LogP contribution in [-0.2, 0) is 0 Å². The summed E-state index contributed by atoms with van der Waals surface area (Å²) in [6.07, 6.45) is 4.69. The van der Waals surface area contributed by atoms with E-state index in [9.17, 15) is 10.1 Å². The van der Waals surface area contributed by atoms with Crippen LogP contribution in [0.4, 0.5) is 0 Å². The van der Waals surface area contributed by atoms with Crippen LogP contribution < -0.4 is 0 Å². The second kappa shape index (κ2) is 6.80. The van der Waals surface area contributed by atoms with Gasteiger partial charge in [-0.3, -0.25) is 10.1 Å². The Morgan fingerprint density at radius 3 is 2.65 bits per heavy atom. The molecule has 94 valence electrons. The number of piperazine rings is 1. The van der Waals surface area contributed by atoms with Crippen LogP contribution in [0.15, 0.2) is 29.5 Å². The lowest BCUT2D eigenvalue weighted by Gasteiger charge is -2.30. The molecule has 1 saturated heterocycles. The number of aliphatic imine (C=N–C) groups is 1. The highest BCUT2D eigenvalue weighted by molar-refractivity contribution is 5.56. The van der Waals surface area contributed by atoms with Crippen LogP contribution in [-0.4, -0.2) is 54.3 Å². The first-order valence-corrected chi connectivity index (χ1v) is 5.53. The van der Waals surface area contributed by atoms with Gasteiger partial charge in [-0.1, -0.05) is 6.08 Å². The highest BCUT2D eigenvalue weighted by Gasteiger charge is 2.10. The molecule has 1 aliphatic heterocycles. The Kier molecular flexibility index (Phi) is 5.35. The van der Waals surface area contributed by atoms with Crippen molar-refractivity contribution in [2.45, 2.75) is 6.42 Å². The predicted octanol–water partition coefficient (Wildman–Crippen LogP) is 0.956. The van der Waals surface area contributed by atoms with E-state index in [0.29, 0.717) is 0 Å².